The molecule has 1 aromatic heterocycles. The summed E-state index contributed by atoms with van der Waals surface area (Å²) in [6.45, 7) is 0. The molecule has 1 atom stereocenters. The minimum Gasteiger partial charge on any atom is -0.497 e. The van der Waals surface area contributed by atoms with Gasteiger partial charge in [-0.25, -0.2) is 4.98 Å². The number of carbonyl (C=O) groups excluding carboxylic acids is 2. The molecule has 2 amide bonds. The largest absolute Gasteiger partial charge is 0.497 e. The fourth-order valence-corrected chi connectivity index (χ4v) is 3.80. The van der Waals surface area contributed by atoms with E-state index >= 15 is 0 Å². The number of methoxy groups -OCH3 is 1. The number of fused-ring (bicyclic) bond motifs is 3. The van der Waals surface area contributed by atoms with E-state index in [1.54, 1.807) is 36.3 Å². The molecule has 0 saturated heterocycles. The molecule has 1 fully saturated rings. The van der Waals surface area contributed by atoms with E-state index < -0.39 is 6.04 Å². The Balaban J connectivity index is 1.43. The van der Waals surface area contributed by atoms with E-state index in [9.17, 15) is 9.59 Å². The summed E-state index contributed by atoms with van der Waals surface area (Å²) in [5, 5.41) is 2.87. The normalized spacial score (nSPS) is 18.4. The number of aromatic nitrogens is 2. The van der Waals surface area contributed by atoms with Gasteiger partial charge in [-0.3, -0.25) is 19.1 Å². The summed E-state index contributed by atoms with van der Waals surface area (Å²) in [4.78, 5) is 32.2. The van der Waals surface area contributed by atoms with Gasteiger partial charge in [0.05, 0.1) is 24.6 Å². The zero-order valence-corrected chi connectivity index (χ0v) is 15.5. The first kappa shape index (κ1) is 16.8. The van der Waals surface area contributed by atoms with Crippen LogP contribution in [0.25, 0.3) is 11.0 Å². The van der Waals surface area contributed by atoms with E-state index in [0.29, 0.717) is 11.6 Å². The minimum absolute atomic E-state index is 0.0411. The van der Waals surface area contributed by atoms with Gasteiger partial charge in [-0.15, -0.1) is 0 Å². The highest BCUT2D eigenvalue weighted by Crippen LogP contribution is 2.42. The maximum absolute atomic E-state index is 13.1. The summed E-state index contributed by atoms with van der Waals surface area (Å²) in [5.41, 5.74) is 2.40. The number of nitrogens with zero attached hydrogens (tertiary/aromatic N) is 3. The molecule has 7 nitrogen and oxygen atoms in total. The average molecular weight is 376 g/mol. The van der Waals surface area contributed by atoms with Gasteiger partial charge in [0.1, 0.15) is 11.8 Å². The van der Waals surface area contributed by atoms with Crippen LogP contribution in [0.4, 0.5) is 11.6 Å². The van der Waals surface area contributed by atoms with Crippen LogP contribution in [0.3, 0.4) is 0 Å². The van der Waals surface area contributed by atoms with Crippen molar-refractivity contribution in [1.82, 2.24) is 9.55 Å². The molecule has 2 heterocycles. The quantitative estimate of drug-likeness (QED) is 0.742. The van der Waals surface area contributed by atoms with Crippen LogP contribution in [0, 0.1) is 0 Å². The van der Waals surface area contributed by atoms with Crippen LogP contribution in [0.2, 0.25) is 0 Å². The second-order valence-electron chi connectivity index (χ2n) is 7.21. The molecule has 1 N–H and O–H groups in total. The van der Waals surface area contributed by atoms with E-state index in [-0.39, 0.29) is 24.3 Å². The number of rotatable bonds is 5. The van der Waals surface area contributed by atoms with Gasteiger partial charge < -0.3 is 10.1 Å². The van der Waals surface area contributed by atoms with E-state index in [1.807, 2.05) is 28.8 Å². The Hall–Kier alpha value is -3.35. The molecule has 0 bridgehead atoms. The fourth-order valence-electron chi connectivity index (χ4n) is 3.80. The lowest BCUT2D eigenvalue weighted by Gasteiger charge is -2.15. The average Bonchev–Trinajstić information content (AvgIpc) is 3.41. The number of benzene rings is 2. The molecule has 3 aromatic rings. The predicted octanol–water partition coefficient (Wildman–Crippen LogP) is 3.12. The Bertz CT molecular complexity index is 1070. The van der Waals surface area contributed by atoms with Crippen LogP contribution in [0.1, 0.15) is 25.3 Å². The van der Waals surface area contributed by atoms with Crippen molar-refractivity contribution in [1.29, 1.82) is 0 Å². The Morgan fingerprint density at radius 2 is 1.93 bits per heavy atom. The standard InChI is InChI=1S/C21H20N4O3/c1-28-15-10-6-13(7-11-15)22-19(26)12-18-20(27)24(14-8-9-14)21-23-16-4-2-3-5-17(16)25(18)21/h2-7,10-11,14,18H,8-9,12H2,1H3,(H,22,26)/t18-/m1/s1. The van der Waals surface area contributed by atoms with Crippen molar-refractivity contribution in [3.05, 3.63) is 48.5 Å². The number of imidazole rings is 1. The number of hydrogen-bond donors (Lipinski definition) is 1. The number of para-hydroxylation sites is 2. The number of anilines is 2. The molecule has 142 valence electrons. The SMILES string of the molecule is COc1ccc(NC(=O)C[C@@H]2C(=O)N(C3CC3)c3nc4ccccc4n32)cc1. The molecule has 2 aliphatic rings. The summed E-state index contributed by atoms with van der Waals surface area (Å²) in [6, 6.07) is 14.5. The highest BCUT2D eigenvalue weighted by Gasteiger charge is 2.47. The van der Waals surface area contributed by atoms with Gasteiger partial charge in [0.25, 0.3) is 5.91 Å². The van der Waals surface area contributed by atoms with Crippen molar-refractivity contribution >= 4 is 34.5 Å². The second-order valence-corrected chi connectivity index (χ2v) is 7.21. The number of carbonyl (C=O) groups is 2. The van der Waals surface area contributed by atoms with Crippen LogP contribution in [0.15, 0.2) is 48.5 Å². The Labute approximate surface area is 161 Å². The molecule has 1 saturated carbocycles. The Morgan fingerprint density at radius 3 is 2.64 bits per heavy atom. The van der Waals surface area contributed by atoms with E-state index in [0.717, 1.165) is 29.6 Å². The van der Waals surface area contributed by atoms with Crippen LogP contribution in [-0.4, -0.2) is 34.5 Å². The number of hydrogen-bond acceptors (Lipinski definition) is 4. The highest BCUT2D eigenvalue weighted by molar-refractivity contribution is 6.05. The molecular weight excluding hydrogens is 356 g/mol. The maximum atomic E-state index is 13.1. The smallest absolute Gasteiger partial charge is 0.253 e. The zero-order chi connectivity index (χ0) is 19.3. The summed E-state index contributed by atoms with van der Waals surface area (Å²) < 4.78 is 7.05. The predicted molar refractivity (Wildman–Crippen MR) is 106 cm³/mol. The van der Waals surface area contributed by atoms with Crippen molar-refractivity contribution in [3.8, 4) is 5.75 Å². The monoisotopic (exact) mass is 376 g/mol. The van der Waals surface area contributed by atoms with Crippen LogP contribution in [0.5, 0.6) is 5.75 Å². The van der Waals surface area contributed by atoms with E-state index in [1.165, 1.54) is 0 Å². The molecule has 1 aliphatic carbocycles. The van der Waals surface area contributed by atoms with Gasteiger partial charge in [-0.2, -0.15) is 0 Å². The lowest BCUT2D eigenvalue weighted by Crippen LogP contribution is -2.33. The van der Waals surface area contributed by atoms with Gasteiger partial charge in [0.2, 0.25) is 11.9 Å². The van der Waals surface area contributed by atoms with Gasteiger partial charge >= 0.3 is 0 Å². The van der Waals surface area contributed by atoms with Crippen molar-refractivity contribution in [2.24, 2.45) is 0 Å². The summed E-state index contributed by atoms with van der Waals surface area (Å²) >= 11 is 0. The van der Waals surface area contributed by atoms with Gasteiger partial charge in [0, 0.05) is 11.7 Å². The van der Waals surface area contributed by atoms with Crippen molar-refractivity contribution in [2.45, 2.75) is 31.3 Å². The van der Waals surface area contributed by atoms with Gasteiger partial charge in [0.15, 0.2) is 0 Å². The highest BCUT2D eigenvalue weighted by atomic mass is 16.5. The molecule has 5 rings (SSSR count). The Morgan fingerprint density at radius 1 is 1.18 bits per heavy atom. The molecule has 0 radical (unpaired) electrons. The van der Waals surface area contributed by atoms with Crippen molar-refractivity contribution in [2.75, 3.05) is 17.3 Å². The second kappa shape index (κ2) is 6.37. The zero-order valence-electron chi connectivity index (χ0n) is 15.5. The molecule has 2 aromatic carbocycles. The lowest BCUT2D eigenvalue weighted by molar-refractivity contribution is -0.124. The first-order valence-electron chi connectivity index (χ1n) is 9.39. The molecule has 7 heteroatoms. The first-order valence-corrected chi connectivity index (χ1v) is 9.39. The minimum atomic E-state index is -0.568. The van der Waals surface area contributed by atoms with Crippen molar-refractivity contribution in [3.63, 3.8) is 0 Å². The van der Waals surface area contributed by atoms with Crippen molar-refractivity contribution < 1.29 is 14.3 Å². The molecule has 28 heavy (non-hydrogen) atoms. The topological polar surface area (TPSA) is 76.5 Å². The lowest BCUT2D eigenvalue weighted by atomic mass is 10.1. The Kier molecular flexibility index (Phi) is 3.82. The fraction of sp³-hybridized carbons (Fsp3) is 0.286. The number of nitrogens with one attached hydrogen (secondary N) is 1. The maximum Gasteiger partial charge on any atom is 0.253 e. The van der Waals surface area contributed by atoms with Crippen LogP contribution in [-0.2, 0) is 9.59 Å². The third-order valence-electron chi connectivity index (χ3n) is 5.29. The van der Waals surface area contributed by atoms with Gasteiger partial charge in [-0.05, 0) is 49.2 Å². The van der Waals surface area contributed by atoms with Crippen LogP contribution < -0.4 is 15.0 Å². The molecule has 1 aliphatic heterocycles. The summed E-state index contributed by atoms with van der Waals surface area (Å²) in [6.07, 6.45) is 2.04. The third kappa shape index (κ3) is 2.70. The number of ether oxygens (including phenoxy) is 1. The van der Waals surface area contributed by atoms with E-state index in [4.69, 9.17) is 4.74 Å². The number of amides is 2. The molecule has 0 spiro atoms. The first-order chi connectivity index (χ1) is 13.7. The molecular formula is C21H20N4O3. The third-order valence-corrected chi connectivity index (χ3v) is 5.29. The summed E-state index contributed by atoms with van der Waals surface area (Å²) in [5.74, 6) is 1.14. The molecule has 0 unspecified atom stereocenters. The van der Waals surface area contributed by atoms with Gasteiger partial charge in [-0.1, -0.05) is 12.1 Å². The van der Waals surface area contributed by atoms with E-state index in [2.05, 4.69) is 10.3 Å². The van der Waals surface area contributed by atoms with Crippen LogP contribution >= 0.6 is 0 Å². The summed E-state index contributed by atoms with van der Waals surface area (Å²) in [7, 11) is 1.60.